The van der Waals surface area contributed by atoms with Crippen molar-refractivity contribution in [2.75, 3.05) is 45.8 Å². The highest BCUT2D eigenvalue weighted by molar-refractivity contribution is 7.99. The van der Waals surface area contributed by atoms with Crippen LogP contribution in [0.5, 0.6) is 0 Å². The fourth-order valence-electron chi connectivity index (χ4n) is 5.08. The van der Waals surface area contributed by atoms with Crippen LogP contribution in [-0.2, 0) is 11.2 Å². The maximum absolute atomic E-state index is 11.9. The van der Waals surface area contributed by atoms with Gasteiger partial charge in [-0.05, 0) is 43.0 Å². The first-order chi connectivity index (χ1) is 14.7. The minimum Gasteiger partial charge on any atom is -0.341 e. The molecule has 3 aliphatic rings. The fourth-order valence-corrected chi connectivity index (χ4v) is 6.19. The van der Waals surface area contributed by atoms with Crippen molar-refractivity contribution in [3.63, 3.8) is 0 Å². The van der Waals surface area contributed by atoms with Crippen LogP contribution in [0.2, 0.25) is 0 Å². The third-order valence-corrected chi connectivity index (χ3v) is 8.04. The number of hydrogen-bond acceptors (Lipinski definition) is 4. The van der Waals surface area contributed by atoms with Crippen molar-refractivity contribution in [3.8, 4) is 0 Å². The molecule has 0 aromatic heterocycles. The summed E-state index contributed by atoms with van der Waals surface area (Å²) in [6.07, 6.45) is 2.86. The Labute approximate surface area is 184 Å². The molecule has 5 heteroatoms. The summed E-state index contributed by atoms with van der Waals surface area (Å²) in [6.45, 7) is 9.43. The molecule has 2 saturated heterocycles. The normalized spacial score (nSPS) is 22.6. The number of piperazine rings is 1. The van der Waals surface area contributed by atoms with Crippen molar-refractivity contribution in [3.05, 3.63) is 59.2 Å². The summed E-state index contributed by atoms with van der Waals surface area (Å²) in [6, 6.07) is 16.3. The molecule has 2 aromatic carbocycles. The summed E-state index contributed by atoms with van der Waals surface area (Å²) in [5.74, 6) is 0.343. The number of carbonyl (C=O) groups is 1. The second-order valence-corrected chi connectivity index (χ2v) is 9.92. The van der Waals surface area contributed by atoms with Gasteiger partial charge in [-0.15, -0.1) is 0 Å². The van der Waals surface area contributed by atoms with E-state index >= 15 is 0 Å². The van der Waals surface area contributed by atoms with Crippen LogP contribution in [0.15, 0.2) is 52.3 Å². The Hall–Kier alpha value is -1.82. The molecule has 158 valence electrons. The minimum absolute atomic E-state index is 0.343. The molecule has 30 heavy (non-hydrogen) atoms. The van der Waals surface area contributed by atoms with Gasteiger partial charge in [-0.1, -0.05) is 47.7 Å². The van der Waals surface area contributed by atoms with Crippen LogP contribution in [0.3, 0.4) is 0 Å². The second-order valence-electron chi connectivity index (χ2n) is 8.83. The zero-order chi connectivity index (χ0) is 20.5. The number of carbonyl (C=O) groups excluding carboxylic acids is 1. The van der Waals surface area contributed by atoms with Crippen LogP contribution in [0.25, 0.3) is 0 Å². The lowest BCUT2D eigenvalue weighted by Crippen LogP contribution is -2.49. The number of hydrogen-bond donors (Lipinski definition) is 0. The lowest BCUT2D eigenvalue weighted by Gasteiger charge is -2.40. The van der Waals surface area contributed by atoms with Gasteiger partial charge in [0.25, 0.3) is 0 Å². The Balaban J connectivity index is 1.28. The van der Waals surface area contributed by atoms with Crippen molar-refractivity contribution < 1.29 is 4.79 Å². The van der Waals surface area contributed by atoms with E-state index in [1.165, 1.54) is 26.5 Å². The number of aryl methyl sites for hydroxylation is 1. The number of amides is 1. The molecule has 5 rings (SSSR count). The van der Waals surface area contributed by atoms with Gasteiger partial charge in [-0.25, -0.2) is 0 Å². The first-order valence-electron chi connectivity index (χ1n) is 11.3. The van der Waals surface area contributed by atoms with Gasteiger partial charge in [-0.3, -0.25) is 14.6 Å². The number of nitrogens with zero attached hydrogens (tertiary/aromatic N) is 3. The summed E-state index contributed by atoms with van der Waals surface area (Å²) in [5, 5.41) is 0. The van der Waals surface area contributed by atoms with Crippen LogP contribution in [0.4, 0.5) is 0 Å². The van der Waals surface area contributed by atoms with E-state index in [2.05, 4.69) is 59.2 Å². The standard InChI is InChI=1S/C25H31N3OS/c1-19-8-9-23-20(17-19)18-22(21-5-2-3-6-24(21)30-23)27-14-11-26(12-15-27)13-16-28-10-4-7-25(28)29/h2-3,5-6,8-9,17,22H,4,7,10-16,18H2,1H3. The average molecular weight is 422 g/mol. The van der Waals surface area contributed by atoms with E-state index < -0.39 is 0 Å². The van der Waals surface area contributed by atoms with Gasteiger partial charge in [0, 0.05) is 68.1 Å². The first kappa shape index (κ1) is 20.1. The first-order valence-corrected chi connectivity index (χ1v) is 12.1. The largest absolute Gasteiger partial charge is 0.341 e. The van der Waals surface area contributed by atoms with Crippen molar-refractivity contribution in [1.82, 2.24) is 14.7 Å². The van der Waals surface area contributed by atoms with Crippen LogP contribution in [-0.4, -0.2) is 66.4 Å². The Bertz CT molecular complexity index is 922. The highest BCUT2D eigenvalue weighted by Gasteiger charge is 2.30. The predicted molar refractivity (Wildman–Crippen MR) is 122 cm³/mol. The molecule has 3 heterocycles. The number of fused-ring (bicyclic) bond motifs is 2. The van der Waals surface area contributed by atoms with E-state index in [1.54, 1.807) is 0 Å². The van der Waals surface area contributed by atoms with Crippen molar-refractivity contribution in [2.45, 2.75) is 42.0 Å². The van der Waals surface area contributed by atoms with E-state index in [0.29, 0.717) is 11.9 Å². The third-order valence-electron chi connectivity index (χ3n) is 6.83. The quantitative estimate of drug-likeness (QED) is 0.746. The predicted octanol–water partition coefficient (Wildman–Crippen LogP) is 3.98. The number of likely N-dealkylation sites (tertiary alicyclic amines) is 1. The highest BCUT2D eigenvalue weighted by atomic mass is 32.2. The van der Waals surface area contributed by atoms with Crippen LogP contribution < -0.4 is 0 Å². The van der Waals surface area contributed by atoms with Crippen molar-refractivity contribution in [2.24, 2.45) is 0 Å². The maximum atomic E-state index is 11.9. The molecule has 0 bridgehead atoms. The van der Waals surface area contributed by atoms with Gasteiger partial charge in [0.1, 0.15) is 0 Å². The molecule has 0 N–H and O–H groups in total. The smallest absolute Gasteiger partial charge is 0.222 e. The summed E-state index contributed by atoms with van der Waals surface area (Å²) in [5.41, 5.74) is 4.31. The van der Waals surface area contributed by atoms with E-state index in [9.17, 15) is 4.79 Å². The molecule has 4 nitrogen and oxygen atoms in total. The molecule has 1 unspecified atom stereocenters. The molecule has 1 amide bonds. The van der Waals surface area contributed by atoms with E-state index in [0.717, 1.165) is 65.1 Å². The molecule has 0 aliphatic carbocycles. The molecule has 1 atom stereocenters. The van der Waals surface area contributed by atoms with Gasteiger partial charge < -0.3 is 4.90 Å². The zero-order valence-corrected chi connectivity index (χ0v) is 18.7. The maximum Gasteiger partial charge on any atom is 0.222 e. The van der Waals surface area contributed by atoms with Gasteiger partial charge in [0.2, 0.25) is 5.91 Å². The summed E-state index contributed by atoms with van der Waals surface area (Å²) in [7, 11) is 0. The monoisotopic (exact) mass is 421 g/mol. The van der Waals surface area contributed by atoms with Crippen LogP contribution in [0, 0.1) is 6.92 Å². The minimum atomic E-state index is 0.343. The highest BCUT2D eigenvalue weighted by Crippen LogP contribution is 2.43. The van der Waals surface area contributed by atoms with Gasteiger partial charge >= 0.3 is 0 Å². The lowest BCUT2D eigenvalue weighted by atomic mass is 9.96. The van der Waals surface area contributed by atoms with E-state index in [4.69, 9.17) is 0 Å². The summed E-state index contributed by atoms with van der Waals surface area (Å²) < 4.78 is 0. The molecule has 0 spiro atoms. The Morgan fingerprint density at radius 3 is 2.60 bits per heavy atom. The van der Waals surface area contributed by atoms with Crippen LogP contribution in [0.1, 0.15) is 35.6 Å². The third kappa shape index (κ3) is 4.16. The lowest BCUT2D eigenvalue weighted by molar-refractivity contribution is -0.127. The topological polar surface area (TPSA) is 26.8 Å². The van der Waals surface area contributed by atoms with Gasteiger partial charge in [0.05, 0.1) is 0 Å². The summed E-state index contributed by atoms with van der Waals surface area (Å²) in [4.78, 5) is 22.0. The molecular weight excluding hydrogens is 390 g/mol. The molecule has 3 aliphatic heterocycles. The second kappa shape index (κ2) is 8.74. The van der Waals surface area contributed by atoms with Crippen molar-refractivity contribution in [1.29, 1.82) is 0 Å². The van der Waals surface area contributed by atoms with Gasteiger partial charge in [-0.2, -0.15) is 0 Å². The average Bonchev–Trinajstić information content (AvgIpc) is 3.10. The fraction of sp³-hybridized carbons (Fsp3) is 0.480. The Morgan fingerprint density at radius 2 is 1.80 bits per heavy atom. The molecule has 0 radical (unpaired) electrons. The zero-order valence-electron chi connectivity index (χ0n) is 17.8. The van der Waals surface area contributed by atoms with Crippen molar-refractivity contribution >= 4 is 17.7 Å². The van der Waals surface area contributed by atoms with Crippen LogP contribution >= 0.6 is 11.8 Å². The Kier molecular flexibility index (Phi) is 5.85. The molecule has 2 aromatic rings. The van der Waals surface area contributed by atoms with Gasteiger partial charge in [0.15, 0.2) is 0 Å². The number of benzene rings is 2. The SMILES string of the molecule is Cc1ccc2c(c1)CC(N1CCN(CCN3CCCC3=O)CC1)c1ccccc1S2. The molecule has 0 saturated carbocycles. The summed E-state index contributed by atoms with van der Waals surface area (Å²) >= 11 is 1.93. The number of rotatable bonds is 4. The Morgan fingerprint density at radius 1 is 0.967 bits per heavy atom. The van der Waals surface area contributed by atoms with E-state index in [1.807, 2.05) is 16.7 Å². The molecule has 2 fully saturated rings. The van der Waals surface area contributed by atoms with E-state index in [-0.39, 0.29) is 0 Å². The molecular formula is C25H31N3OS.